The van der Waals surface area contributed by atoms with Gasteiger partial charge in [-0.1, -0.05) is 12.8 Å². The molecule has 5 rings (SSSR count). The summed E-state index contributed by atoms with van der Waals surface area (Å²) in [6.07, 6.45) is 8.91. The van der Waals surface area contributed by atoms with Crippen LogP contribution in [0.25, 0.3) is 0 Å². The largest absolute Gasteiger partial charge is 0.490 e. The third-order valence-corrected chi connectivity index (χ3v) is 7.84. The minimum absolute atomic E-state index is 0.0386. The maximum absolute atomic E-state index is 13.4. The van der Waals surface area contributed by atoms with Gasteiger partial charge in [0.25, 0.3) is 5.91 Å². The van der Waals surface area contributed by atoms with Crippen molar-refractivity contribution in [3.63, 3.8) is 0 Å². The normalized spacial score (nSPS) is 26.9. The molecule has 0 radical (unpaired) electrons. The minimum Gasteiger partial charge on any atom is -0.490 e. The Morgan fingerprint density at radius 3 is 2.49 bits per heavy atom. The number of ether oxygens (including phenoxy) is 2. The van der Waals surface area contributed by atoms with E-state index in [9.17, 15) is 14.4 Å². The van der Waals surface area contributed by atoms with E-state index in [1.54, 1.807) is 30.1 Å². The summed E-state index contributed by atoms with van der Waals surface area (Å²) >= 11 is 0. The van der Waals surface area contributed by atoms with Crippen molar-refractivity contribution in [1.29, 1.82) is 0 Å². The van der Waals surface area contributed by atoms with E-state index >= 15 is 0 Å². The van der Waals surface area contributed by atoms with Crippen LogP contribution < -0.4 is 20.7 Å². The Kier molecular flexibility index (Phi) is 7.13. The molecule has 4 aliphatic rings. The molecule has 1 aromatic carbocycles. The lowest BCUT2D eigenvalue weighted by Crippen LogP contribution is -2.54. The number of hydrogen-bond donors (Lipinski definition) is 3. The van der Waals surface area contributed by atoms with E-state index in [4.69, 9.17) is 9.47 Å². The van der Waals surface area contributed by atoms with Crippen LogP contribution in [0.4, 0.5) is 10.5 Å². The molecule has 3 atom stereocenters. The molecule has 0 unspecified atom stereocenters. The van der Waals surface area contributed by atoms with E-state index in [1.807, 2.05) is 0 Å². The number of benzene rings is 1. The quantitative estimate of drug-likeness (QED) is 0.595. The SMILES string of the molecule is CN1C(=O)c2cc(NC(=O)NC3CCCC3)ccc2OC[C@@H]2O[C@@H](CC(=O)NC3CCC3)CC[C@H]21. The van der Waals surface area contributed by atoms with E-state index in [-0.39, 0.29) is 42.1 Å². The number of rotatable bonds is 5. The predicted octanol–water partition coefficient (Wildman–Crippen LogP) is 3.19. The van der Waals surface area contributed by atoms with Gasteiger partial charge in [0.1, 0.15) is 18.5 Å². The van der Waals surface area contributed by atoms with Crippen molar-refractivity contribution in [2.24, 2.45) is 0 Å². The number of urea groups is 1. The van der Waals surface area contributed by atoms with Crippen LogP contribution in [0.2, 0.25) is 0 Å². The first-order chi connectivity index (χ1) is 17.0. The van der Waals surface area contributed by atoms with Crippen LogP contribution in [-0.2, 0) is 9.53 Å². The number of anilines is 1. The standard InChI is InChI=1S/C26H36N4O5/c1-30-21-11-10-19(14-24(31)27-16-7-4-8-16)35-23(21)15-34-22-12-9-18(13-20(22)25(30)32)29-26(33)28-17-5-2-3-6-17/h9,12-13,16-17,19,21,23H,2-8,10-11,14-15H2,1H3,(H,27,31)(H2,28,29,33)/t19-,21-,23+/m1/s1. The number of fused-ring (bicyclic) bond motifs is 2. The summed E-state index contributed by atoms with van der Waals surface area (Å²) in [6, 6.07) is 5.29. The van der Waals surface area contributed by atoms with Gasteiger partial charge in [0, 0.05) is 24.8 Å². The van der Waals surface area contributed by atoms with Crippen LogP contribution in [0.15, 0.2) is 18.2 Å². The number of hydrogen-bond acceptors (Lipinski definition) is 5. The number of amides is 4. The zero-order valence-corrected chi connectivity index (χ0v) is 20.4. The smallest absolute Gasteiger partial charge is 0.319 e. The second-order valence-electron chi connectivity index (χ2n) is 10.4. The van der Waals surface area contributed by atoms with E-state index in [0.29, 0.717) is 42.5 Å². The number of carbonyl (C=O) groups is 3. The minimum atomic E-state index is -0.303. The highest BCUT2D eigenvalue weighted by atomic mass is 16.5. The zero-order valence-electron chi connectivity index (χ0n) is 20.4. The fourth-order valence-corrected chi connectivity index (χ4v) is 5.57. The van der Waals surface area contributed by atoms with E-state index in [2.05, 4.69) is 16.0 Å². The average Bonchev–Trinajstić information content (AvgIpc) is 3.32. The van der Waals surface area contributed by atoms with Gasteiger partial charge < -0.3 is 30.3 Å². The Hall–Kier alpha value is -2.81. The van der Waals surface area contributed by atoms with Crippen LogP contribution in [0, 0.1) is 0 Å². The Labute approximate surface area is 206 Å². The van der Waals surface area contributed by atoms with Gasteiger partial charge in [-0.05, 0) is 63.1 Å². The topological polar surface area (TPSA) is 109 Å². The molecule has 0 spiro atoms. The molecule has 1 aromatic rings. The Morgan fingerprint density at radius 2 is 1.74 bits per heavy atom. The average molecular weight is 485 g/mol. The fraction of sp³-hybridized carbons (Fsp3) is 0.654. The van der Waals surface area contributed by atoms with Crippen molar-refractivity contribution in [2.45, 2.75) is 94.5 Å². The number of carbonyl (C=O) groups excluding carboxylic acids is 3. The van der Waals surface area contributed by atoms with Gasteiger partial charge in [-0.15, -0.1) is 0 Å². The molecule has 2 aliphatic carbocycles. The molecular formula is C26H36N4O5. The first-order valence-corrected chi connectivity index (χ1v) is 13.0. The van der Waals surface area contributed by atoms with Crippen LogP contribution in [0.5, 0.6) is 5.75 Å². The highest BCUT2D eigenvalue weighted by Crippen LogP contribution is 2.32. The number of nitrogens with one attached hydrogen (secondary N) is 3. The maximum Gasteiger partial charge on any atom is 0.319 e. The lowest BCUT2D eigenvalue weighted by Gasteiger charge is -2.42. The first-order valence-electron chi connectivity index (χ1n) is 13.0. The maximum atomic E-state index is 13.4. The van der Waals surface area contributed by atoms with Crippen molar-refractivity contribution >= 4 is 23.5 Å². The molecular weight excluding hydrogens is 448 g/mol. The highest BCUT2D eigenvalue weighted by molar-refractivity contribution is 5.99. The molecule has 0 aromatic heterocycles. The summed E-state index contributed by atoms with van der Waals surface area (Å²) in [7, 11) is 1.79. The second kappa shape index (κ2) is 10.4. The summed E-state index contributed by atoms with van der Waals surface area (Å²) in [4.78, 5) is 39.8. The monoisotopic (exact) mass is 484 g/mol. The van der Waals surface area contributed by atoms with E-state index in [1.165, 1.54) is 6.42 Å². The fourth-order valence-electron chi connectivity index (χ4n) is 5.57. The van der Waals surface area contributed by atoms with Gasteiger partial charge in [-0.25, -0.2) is 4.79 Å². The van der Waals surface area contributed by atoms with E-state index in [0.717, 1.165) is 44.9 Å². The molecule has 4 amide bonds. The highest BCUT2D eigenvalue weighted by Gasteiger charge is 2.39. The number of nitrogens with zero attached hydrogens (tertiary/aromatic N) is 1. The zero-order chi connectivity index (χ0) is 24.4. The predicted molar refractivity (Wildman–Crippen MR) is 131 cm³/mol. The van der Waals surface area contributed by atoms with Crippen LogP contribution in [0.3, 0.4) is 0 Å². The Bertz CT molecular complexity index is 959. The third kappa shape index (κ3) is 5.55. The molecule has 1 saturated heterocycles. The van der Waals surface area contributed by atoms with Gasteiger partial charge in [0.05, 0.1) is 24.1 Å². The summed E-state index contributed by atoms with van der Waals surface area (Å²) in [5, 5.41) is 8.93. The van der Waals surface area contributed by atoms with Gasteiger partial charge in [0.2, 0.25) is 5.91 Å². The summed E-state index contributed by atoms with van der Waals surface area (Å²) < 4.78 is 12.3. The summed E-state index contributed by atoms with van der Waals surface area (Å²) in [6.45, 7) is 0.297. The molecule has 9 nitrogen and oxygen atoms in total. The summed E-state index contributed by atoms with van der Waals surface area (Å²) in [5.41, 5.74) is 0.978. The molecule has 3 fully saturated rings. The second-order valence-corrected chi connectivity index (χ2v) is 10.4. The third-order valence-electron chi connectivity index (χ3n) is 7.84. The van der Waals surface area contributed by atoms with Gasteiger partial charge >= 0.3 is 6.03 Å². The number of likely N-dealkylation sites (N-methyl/N-ethyl adjacent to an activating group) is 1. The summed E-state index contributed by atoms with van der Waals surface area (Å²) in [5.74, 6) is 0.339. The van der Waals surface area contributed by atoms with Crippen LogP contribution >= 0.6 is 0 Å². The molecule has 2 aliphatic heterocycles. The van der Waals surface area contributed by atoms with Crippen molar-refractivity contribution in [3.8, 4) is 5.75 Å². The van der Waals surface area contributed by atoms with Crippen LogP contribution in [0.1, 0.15) is 74.6 Å². The van der Waals surface area contributed by atoms with Crippen LogP contribution in [-0.4, -0.2) is 66.7 Å². The Balaban J connectivity index is 1.22. The van der Waals surface area contributed by atoms with Gasteiger partial charge in [0.15, 0.2) is 0 Å². The van der Waals surface area contributed by atoms with Crippen molar-refractivity contribution < 1.29 is 23.9 Å². The molecule has 9 heteroatoms. The van der Waals surface area contributed by atoms with Gasteiger partial charge in [-0.2, -0.15) is 0 Å². The van der Waals surface area contributed by atoms with Crippen molar-refractivity contribution in [2.75, 3.05) is 19.0 Å². The first kappa shape index (κ1) is 23.9. The lowest BCUT2D eigenvalue weighted by molar-refractivity contribution is -0.135. The Morgan fingerprint density at radius 1 is 1.00 bits per heavy atom. The molecule has 2 heterocycles. The van der Waals surface area contributed by atoms with Gasteiger partial charge in [-0.3, -0.25) is 9.59 Å². The van der Waals surface area contributed by atoms with Crippen molar-refractivity contribution in [3.05, 3.63) is 23.8 Å². The molecule has 35 heavy (non-hydrogen) atoms. The molecule has 0 bridgehead atoms. The molecule has 190 valence electrons. The van der Waals surface area contributed by atoms with E-state index < -0.39 is 0 Å². The molecule has 2 saturated carbocycles. The lowest BCUT2D eigenvalue weighted by atomic mass is 9.92. The van der Waals surface area contributed by atoms with Crippen molar-refractivity contribution in [1.82, 2.24) is 15.5 Å². The molecule has 3 N–H and O–H groups in total.